The van der Waals surface area contributed by atoms with E-state index in [0.29, 0.717) is 24.4 Å². The van der Waals surface area contributed by atoms with Crippen molar-refractivity contribution in [1.82, 2.24) is 4.90 Å². The molecule has 1 fully saturated rings. The lowest BCUT2D eigenvalue weighted by Gasteiger charge is -2.48. The van der Waals surface area contributed by atoms with Gasteiger partial charge in [0, 0.05) is 24.6 Å². The zero-order valence-electron chi connectivity index (χ0n) is 17.5. The van der Waals surface area contributed by atoms with E-state index in [9.17, 15) is 23.3 Å². The zero-order valence-corrected chi connectivity index (χ0v) is 18.3. The molecule has 2 atom stereocenters. The Hall–Kier alpha value is -2.24. The largest absolute Gasteiger partial charge is 0.485 e. The molecule has 0 bridgehead atoms. The minimum atomic E-state index is -3.82. The van der Waals surface area contributed by atoms with Crippen LogP contribution in [0.2, 0.25) is 0 Å². The van der Waals surface area contributed by atoms with Gasteiger partial charge in [-0.2, -0.15) is 8.42 Å². The van der Waals surface area contributed by atoms with E-state index in [1.807, 2.05) is 0 Å². The number of ether oxygens (including phenoxy) is 1. The second-order valence-corrected chi connectivity index (χ2v) is 9.91. The highest BCUT2D eigenvalue weighted by Crippen LogP contribution is 2.48. The predicted octanol–water partition coefficient (Wildman–Crippen LogP) is 2.60. The molecule has 30 heavy (non-hydrogen) atoms. The number of nitro benzene ring substituents is 1. The Balaban J connectivity index is 2.19. The molecular formula is C19H27N3O7S. The number of carbonyl (C=O) groups excluding carboxylic acids is 1. The molecule has 166 valence electrons. The summed E-state index contributed by atoms with van der Waals surface area (Å²) < 4.78 is 35.6. The van der Waals surface area contributed by atoms with Crippen molar-refractivity contribution in [3.05, 3.63) is 27.8 Å². The van der Waals surface area contributed by atoms with E-state index in [1.54, 1.807) is 13.8 Å². The fraction of sp³-hybridized carbons (Fsp3) is 0.632. The van der Waals surface area contributed by atoms with Gasteiger partial charge in [0.15, 0.2) is 0 Å². The van der Waals surface area contributed by atoms with Crippen LogP contribution in [-0.4, -0.2) is 55.2 Å². The average Bonchev–Trinajstić information content (AvgIpc) is 2.60. The maximum atomic E-state index is 12.0. The van der Waals surface area contributed by atoms with Crippen LogP contribution in [-0.2, 0) is 19.1 Å². The van der Waals surface area contributed by atoms with Crippen molar-refractivity contribution in [3.63, 3.8) is 0 Å². The molecule has 2 heterocycles. The molecule has 1 amide bonds. The first-order chi connectivity index (χ1) is 13.9. The Labute approximate surface area is 175 Å². The zero-order chi connectivity index (χ0) is 22.3. The van der Waals surface area contributed by atoms with E-state index in [0.717, 1.165) is 25.5 Å². The molecular weight excluding hydrogens is 414 g/mol. The van der Waals surface area contributed by atoms with E-state index < -0.39 is 38.7 Å². The second kappa shape index (κ2) is 8.12. The van der Waals surface area contributed by atoms with Gasteiger partial charge in [-0.1, -0.05) is 6.42 Å². The monoisotopic (exact) mass is 441 g/mol. The van der Waals surface area contributed by atoms with Gasteiger partial charge in [0.1, 0.15) is 23.1 Å². The van der Waals surface area contributed by atoms with Crippen LogP contribution in [0.4, 0.5) is 11.4 Å². The molecule has 0 unspecified atom stereocenters. The molecule has 1 saturated heterocycles. The van der Waals surface area contributed by atoms with E-state index in [4.69, 9.17) is 8.92 Å². The number of nitrogens with one attached hydrogen (secondary N) is 1. The van der Waals surface area contributed by atoms with Crippen molar-refractivity contribution in [2.45, 2.75) is 57.8 Å². The van der Waals surface area contributed by atoms with Crippen molar-refractivity contribution >= 4 is 27.4 Å². The topological polar surface area (TPSA) is 128 Å². The number of benzene rings is 1. The predicted molar refractivity (Wildman–Crippen MR) is 110 cm³/mol. The molecule has 0 aromatic heterocycles. The minimum Gasteiger partial charge on any atom is -0.485 e. The molecule has 1 N–H and O–H groups in total. The first kappa shape index (κ1) is 22.4. The second-order valence-electron chi connectivity index (χ2n) is 8.31. The van der Waals surface area contributed by atoms with Gasteiger partial charge in [0.25, 0.3) is 15.8 Å². The van der Waals surface area contributed by atoms with Gasteiger partial charge in [-0.15, -0.1) is 0 Å². The van der Waals surface area contributed by atoms with E-state index >= 15 is 0 Å². The Morgan fingerprint density at radius 2 is 1.93 bits per heavy atom. The van der Waals surface area contributed by atoms with E-state index in [2.05, 4.69) is 10.2 Å². The number of piperidine rings is 1. The lowest BCUT2D eigenvalue weighted by molar-refractivity contribution is -0.384. The molecule has 0 radical (unpaired) electrons. The quantitative estimate of drug-likeness (QED) is 0.419. The number of nitro groups is 1. The highest BCUT2D eigenvalue weighted by Gasteiger charge is 2.50. The van der Waals surface area contributed by atoms with E-state index in [1.165, 1.54) is 19.1 Å². The van der Waals surface area contributed by atoms with Crippen LogP contribution >= 0.6 is 0 Å². The number of likely N-dealkylation sites (tertiary alicyclic amines) is 1. The molecule has 11 heteroatoms. The van der Waals surface area contributed by atoms with Gasteiger partial charge >= 0.3 is 0 Å². The molecule has 3 rings (SSSR count). The molecule has 2 aliphatic heterocycles. The minimum absolute atomic E-state index is 0.0296. The Bertz CT molecular complexity index is 955. The van der Waals surface area contributed by atoms with Crippen LogP contribution in [0.1, 0.15) is 51.6 Å². The van der Waals surface area contributed by atoms with Crippen molar-refractivity contribution < 1.29 is 27.1 Å². The number of nitrogens with zero attached hydrogens (tertiary/aromatic N) is 2. The number of rotatable bonds is 5. The van der Waals surface area contributed by atoms with Crippen LogP contribution in [0.3, 0.4) is 0 Å². The summed E-state index contributed by atoms with van der Waals surface area (Å²) in [7, 11) is -3.82. The van der Waals surface area contributed by atoms with Crippen molar-refractivity contribution in [3.8, 4) is 5.75 Å². The number of carbonyl (C=O) groups is 1. The number of hydrogen-bond acceptors (Lipinski definition) is 8. The smallest absolute Gasteiger partial charge is 0.293 e. The summed E-state index contributed by atoms with van der Waals surface area (Å²) in [5.74, 6) is -0.0859. The molecule has 10 nitrogen and oxygen atoms in total. The van der Waals surface area contributed by atoms with Gasteiger partial charge in [-0.05, 0) is 39.8 Å². The first-order valence-electron chi connectivity index (χ1n) is 9.80. The summed E-state index contributed by atoms with van der Waals surface area (Å²) in [6.45, 7) is 6.14. The summed E-state index contributed by atoms with van der Waals surface area (Å²) in [5, 5.41) is 14.2. The van der Waals surface area contributed by atoms with E-state index in [-0.39, 0.29) is 11.4 Å². The summed E-state index contributed by atoms with van der Waals surface area (Å²) in [4.78, 5) is 24.7. The maximum absolute atomic E-state index is 12.0. The third-order valence-corrected chi connectivity index (χ3v) is 5.92. The Morgan fingerprint density at radius 1 is 1.30 bits per heavy atom. The number of fused-ring (bicyclic) bond motifs is 1. The normalized spacial score (nSPS) is 23.9. The summed E-state index contributed by atoms with van der Waals surface area (Å²) in [5.41, 5.74) is -0.818. The van der Waals surface area contributed by atoms with Gasteiger partial charge in [0.05, 0.1) is 17.2 Å². The molecule has 2 aliphatic rings. The fourth-order valence-electron chi connectivity index (χ4n) is 4.17. The van der Waals surface area contributed by atoms with Crippen molar-refractivity contribution in [1.29, 1.82) is 0 Å². The number of hydrogen-bond donors (Lipinski definition) is 1. The third-order valence-electron chi connectivity index (χ3n) is 5.36. The van der Waals surface area contributed by atoms with Crippen molar-refractivity contribution in [2.75, 3.05) is 24.7 Å². The van der Waals surface area contributed by atoms with Crippen LogP contribution in [0.5, 0.6) is 5.75 Å². The maximum Gasteiger partial charge on any atom is 0.293 e. The van der Waals surface area contributed by atoms with Gasteiger partial charge in [-0.25, -0.2) is 0 Å². The van der Waals surface area contributed by atoms with Crippen LogP contribution in [0, 0.1) is 10.1 Å². The van der Waals surface area contributed by atoms with Crippen LogP contribution < -0.4 is 10.1 Å². The first-order valence-corrected chi connectivity index (χ1v) is 11.6. The highest BCUT2D eigenvalue weighted by atomic mass is 32.2. The summed E-state index contributed by atoms with van der Waals surface area (Å²) >= 11 is 0. The molecule has 0 aliphatic carbocycles. The summed E-state index contributed by atoms with van der Waals surface area (Å²) in [6.07, 6.45) is 3.02. The summed E-state index contributed by atoms with van der Waals surface area (Å²) in [6, 6.07) is 2.24. The highest BCUT2D eigenvalue weighted by molar-refractivity contribution is 7.86. The molecule has 1 aromatic rings. The molecule has 1 aromatic carbocycles. The number of anilines is 1. The van der Waals surface area contributed by atoms with Gasteiger partial charge < -0.3 is 10.1 Å². The van der Waals surface area contributed by atoms with Crippen LogP contribution in [0.15, 0.2) is 12.1 Å². The SMILES string of the molecule is CC(=O)Nc1cc2c(cc1[N+](=O)[O-])[C@H](N1CCCCC1)[C@@H](OS(C)(=O)=O)C(C)(C)O2. The Kier molecular flexibility index (Phi) is 6.08. The third kappa shape index (κ3) is 4.73. The van der Waals surface area contributed by atoms with Gasteiger partial charge in [-0.3, -0.25) is 24.0 Å². The lowest BCUT2D eigenvalue weighted by Crippen LogP contribution is -2.56. The lowest BCUT2D eigenvalue weighted by atomic mass is 9.84. The van der Waals surface area contributed by atoms with Crippen molar-refractivity contribution in [2.24, 2.45) is 0 Å². The molecule has 0 saturated carbocycles. The number of amides is 1. The molecule has 0 spiro atoms. The standard InChI is InChI=1S/C19H27N3O7S/c1-12(23)20-14-11-16-13(10-15(14)22(24)25)17(21-8-6-5-7-9-21)18(19(2,3)28-16)29-30(4,26)27/h10-11,17-18H,5-9H2,1-4H3,(H,20,23)/t17-,18+/m0/s1. The average molecular weight is 442 g/mol. The Morgan fingerprint density at radius 3 is 2.47 bits per heavy atom. The van der Waals surface area contributed by atoms with Gasteiger partial charge in [0.2, 0.25) is 5.91 Å². The fourth-order valence-corrected chi connectivity index (χ4v) is 4.88. The van der Waals surface area contributed by atoms with Crippen LogP contribution in [0.25, 0.3) is 0 Å².